The summed E-state index contributed by atoms with van der Waals surface area (Å²) >= 11 is 0. The molecule has 1 aromatic rings. The summed E-state index contributed by atoms with van der Waals surface area (Å²) < 4.78 is 26.1. The smallest absolute Gasteiger partial charge is 0.404 e. The van der Waals surface area contributed by atoms with E-state index in [4.69, 9.17) is 5.11 Å². The number of benzene rings is 1. The molecule has 0 spiro atoms. The number of Topliss-reactive ketones (excluding diaryl/α,β-unsaturated/α-hetero) is 1. The molecule has 0 bridgehead atoms. The fourth-order valence-electron chi connectivity index (χ4n) is 1.75. The highest BCUT2D eigenvalue weighted by atomic mass is 32.2. The van der Waals surface area contributed by atoms with E-state index in [1.165, 1.54) is 6.07 Å². The van der Waals surface area contributed by atoms with Gasteiger partial charge in [-0.3, -0.25) is 9.52 Å². The van der Waals surface area contributed by atoms with Crippen molar-refractivity contribution in [3.63, 3.8) is 0 Å². The topological polar surface area (TPSA) is 113 Å². The fraction of sp³-hybridized carbons (Fsp3) is 0.429. The number of carbonyl (C=O) groups is 2. The van der Waals surface area contributed by atoms with Crippen LogP contribution in [0.5, 0.6) is 0 Å². The number of anilines is 1. The van der Waals surface area contributed by atoms with Crippen molar-refractivity contribution >= 4 is 27.6 Å². The van der Waals surface area contributed by atoms with Crippen molar-refractivity contribution in [1.29, 1.82) is 0 Å². The third kappa shape index (κ3) is 6.57. The summed E-state index contributed by atoms with van der Waals surface area (Å²) in [6.07, 6.45) is 0.161. The summed E-state index contributed by atoms with van der Waals surface area (Å²) in [5, 5.41) is 10.5. The first kappa shape index (κ1) is 18.0. The lowest BCUT2D eigenvalue weighted by Gasteiger charge is -2.09. The highest BCUT2D eigenvalue weighted by Crippen LogP contribution is 2.14. The molecule has 1 aromatic carbocycles. The molecule has 0 fully saturated rings. The minimum Gasteiger partial charge on any atom is -0.465 e. The Morgan fingerprint density at radius 2 is 2.00 bits per heavy atom. The van der Waals surface area contributed by atoms with Gasteiger partial charge in [0.1, 0.15) is 0 Å². The molecule has 0 atom stereocenters. The first-order valence-electron chi connectivity index (χ1n) is 6.94. The lowest BCUT2D eigenvalue weighted by Crippen LogP contribution is -2.23. The van der Waals surface area contributed by atoms with E-state index in [1.807, 2.05) is 6.92 Å². The van der Waals surface area contributed by atoms with E-state index in [9.17, 15) is 18.0 Å². The van der Waals surface area contributed by atoms with E-state index in [1.54, 1.807) is 18.2 Å². The van der Waals surface area contributed by atoms with Crippen molar-refractivity contribution < 1.29 is 23.1 Å². The number of carboxylic acid groups (broad SMARTS) is 1. The predicted octanol–water partition coefficient (Wildman–Crippen LogP) is 2.07. The minimum atomic E-state index is -3.42. The Kier molecular flexibility index (Phi) is 6.84. The van der Waals surface area contributed by atoms with E-state index in [2.05, 4.69) is 10.0 Å². The van der Waals surface area contributed by atoms with Crippen LogP contribution in [0, 0.1) is 0 Å². The van der Waals surface area contributed by atoms with Crippen molar-refractivity contribution in [3.8, 4) is 0 Å². The van der Waals surface area contributed by atoms with Crippen LogP contribution < -0.4 is 10.0 Å². The van der Waals surface area contributed by atoms with Gasteiger partial charge in [-0.2, -0.15) is 0 Å². The Balaban J connectivity index is 2.69. The molecule has 22 heavy (non-hydrogen) atoms. The van der Waals surface area contributed by atoms with Crippen LogP contribution in [0.4, 0.5) is 10.5 Å². The van der Waals surface area contributed by atoms with Crippen LogP contribution in [0.3, 0.4) is 0 Å². The first-order chi connectivity index (χ1) is 10.3. The zero-order valence-electron chi connectivity index (χ0n) is 12.3. The largest absolute Gasteiger partial charge is 0.465 e. The van der Waals surface area contributed by atoms with Crippen LogP contribution in [0.1, 0.15) is 36.5 Å². The molecule has 0 aromatic heterocycles. The standard InChI is InChI=1S/C14H20N2O5S/c1-2-3-9-22(20,21)16-12-6-4-5-11(10-12)13(17)7-8-15-14(18)19/h4-6,10,15-16H,2-3,7-9H2,1H3,(H,18,19). The average Bonchev–Trinajstić information content (AvgIpc) is 2.44. The van der Waals surface area contributed by atoms with Gasteiger partial charge in [0.15, 0.2) is 5.78 Å². The van der Waals surface area contributed by atoms with E-state index in [-0.39, 0.29) is 24.5 Å². The first-order valence-corrected chi connectivity index (χ1v) is 8.60. The number of rotatable bonds is 9. The van der Waals surface area contributed by atoms with Gasteiger partial charge in [0.25, 0.3) is 0 Å². The van der Waals surface area contributed by atoms with Crippen LogP contribution in [0.25, 0.3) is 0 Å². The quantitative estimate of drug-likeness (QED) is 0.601. The number of hydrogen-bond acceptors (Lipinski definition) is 4. The summed E-state index contributed by atoms with van der Waals surface area (Å²) in [5.41, 5.74) is 0.663. The second-order valence-corrected chi connectivity index (χ2v) is 6.60. The Bertz CT molecular complexity index is 628. The summed E-state index contributed by atoms with van der Waals surface area (Å²) in [6.45, 7) is 1.92. The minimum absolute atomic E-state index is 0.0122. The van der Waals surface area contributed by atoms with Gasteiger partial charge in [-0.1, -0.05) is 25.5 Å². The maximum Gasteiger partial charge on any atom is 0.404 e. The number of unbranched alkanes of at least 4 members (excludes halogenated alkanes) is 1. The van der Waals surface area contributed by atoms with Gasteiger partial charge in [0.2, 0.25) is 10.0 Å². The van der Waals surface area contributed by atoms with E-state index in [0.717, 1.165) is 6.42 Å². The van der Waals surface area contributed by atoms with Gasteiger partial charge in [0.05, 0.1) is 5.75 Å². The summed E-state index contributed by atoms with van der Waals surface area (Å²) in [5.74, 6) is -0.229. The molecule has 7 nitrogen and oxygen atoms in total. The van der Waals surface area contributed by atoms with Gasteiger partial charge < -0.3 is 10.4 Å². The molecule has 0 saturated carbocycles. The average molecular weight is 328 g/mol. The molecule has 0 aliphatic heterocycles. The summed E-state index contributed by atoms with van der Waals surface area (Å²) in [7, 11) is -3.42. The number of amides is 1. The number of hydrogen-bond donors (Lipinski definition) is 3. The van der Waals surface area contributed by atoms with Crippen LogP contribution in [-0.4, -0.2) is 37.7 Å². The molecule has 0 aliphatic carbocycles. The van der Waals surface area contributed by atoms with Crippen LogP contribution in [0.2, 0.25) is 0 Å². The molecular weight excluding hydrogens is 308 g/mol. The molecule has 122 valence electrons. The maximum atomic E-state index is 11.9. The van der Waals surface area contributed by atoms with Crippen LogP contribution in [-0.2, 0) is 10.0 Å². The molecule has 8 heteroatoms. The molecule has 1 amide bonds. The van der Waals surface area contributed by atoms with Crippen molar-refractivity contribution in [2.45, 2.75) is 26.2 Å². The second kappa shape index (κ2) is 8.38. The monoisotopic (exact) mass is 328 g/mol. The number of sulfonamides is 1. The van der Waals surface area contributed by atoms with Crippen LogP contribution >= 0.6 is 0 Å². The molecule has 1 rings (SSSR count). The van der Waals surface area contributed by atoms with Gasteiger partial charge in [-0.25, -0.2) is 13.2 Å². The highest BCUT2D eigenvalue weighted by molar-refractivity contribution is 7.92. The van der Waals surface area contributed by atoms with E-state index < -0.39 is 16.1 Å². The molecule has 0 aliphatic rings. The van der Waals surface area contributed by atoms with Gasteiger partial charge in [-0.15, -0.1) is 0 Å². The van der Waals surface area contributed by atoms with Crippen molar-refractivity contribution in [1.82, 2.24) is 5.32 Å². The molecule has 3 N–H and O–H groups in total. The van der Waals surface area contributed by atoms with Crippen LogP contribution in [0.15, 0.2) is 24.3 Å². The lowest BCUT2D eigenvalue weighted by atomic mass is 10.1. The maximum absolute atomic E-state index is 11.9. The second-order valence-electron chi connectivity index (χ2n) is 4.76. The molecule has 0 radical (unpaired) electrons. The Morgan fingerprint density at radius 3 is 2.64 bits per heavy atom. The fourth-order valence-corrected chi connectivity index (χ4v) is 3.01. The van der Waals surface area contributed by atoms with Crippen molar-refractivity contribution in [3.05, 3.63) is 29.8 Å². The van der Waals surface area contributed by atoms with Gasteiger partial charge >= 0.3 is 6.09 Å². The Hall–Kier alpha value is -2.09. The zero-order chi connectivity index (χ0) is 16.6. The van der Waals surface area contributed by atoms with Gasteiger partial charge in [-0.05, 0) is 18.6 Å². The highest BCUT2D eigenvalue weighted by Gasteiger charge is 2.12. The SMILES string of the molecule is CCCCS(=O)(=O)Nc1cccc(C(=O)CCNC(=O)O)c1. The summed E-state index contributed by atoms with van der Waals surface area (Å²) in [6, 6.07) is 6.16. The van der Waals surface area contributed by atoms with Gasteiger partial charge in [0, 0.05) is 24.2 Å². The molecular formula is C14H20N2O5S. The predicted molar refractivity (Wildman–Crippen MR) is 83.7 cm³/mol. The third-order valence-electron chi connectivity index (χ3n) is 2.85. The van der Waals surface area contributed by atoms with Crippen molar-refractivity contribution in [2.24, 2.45) is 0 Å². The third-order valence-corrected chi connectivity index (χ3v) is 4.23. The Morgan fingerprint density at radius 1 is 1.27 bits per heavy atom. The zero-order valence-corrected chi connectivity index (χ0v) is 13.1. The van der Waals surface area contributed by atoms with E-state index in [0.29, 0.717) is 17.7 Å². The number of ketones is 1. The summed E-state index contributed by atoms with van der Waals surface area (Å²) in [4.78, 5) is 22.2. The molecule has 0 saturated heterocycles. The molecule has 0 unspecified atom stereocenters. The lowest BCUT2D eigenvalue weighted by molar-refractivity contribution is 0.0983. The van der Waals surface area contributed by atoms with Crippen molar-refractivity contribution in [2.75, 3.05) is 17.0 Å². The van der Waals surface area contributed by atoms with E-state index >= 15 is 0 Å². The molecule has 0 heterocycles. The number of nitrogens with one attached hydrogen (secondary N) is 2. The normalized spacial score (nSPS) is 11.0. The number of carbonyl (C=O) groups excluding carboxylic acids is 1. The Labute approximate surface area is 129 Å².